The van der Waals surface area contributed by atoms with Gasteiger partial charge in [0.05, 0.1) is 12.7 Å². The molecule has 3 nitrogen and oxygen atoms in total. The third-order valence-electron chi connectivity index (χ3n) is 5.14. The molecule has 1 saturated carbocycles. The molecule has 0 bridgehead atoms. The van der Waals surface area contributed by atoms with Crippen LogP contribution in [0.3, 0.4) is 0 Å². The molecule has 2 aliphatic heterocycles. The molecule has 2 heterocycles. The molecule has 0 radical (unpaired) electrons. The molecular weight excluding hydrogens is 262 g/mol. The van der Waals surface area contributed by atoms with Gasteiger partial charge in [-0.3, -0.25) is 0 Å². The lowest BCUT2D eigenvalue weighted by Crippen LogP contribution is -2.39. The summed E-state index contributed by atoms with van der Waals surface area (Å²) in [6.07, 6.45) is 6.58. The topological polar surface area (TPSA) is 30.5 Å². The van der Waals surface area contributed by atoms with E-state index in [1.807, 2.05) is 0 Å². The van der Waals surface area contributed by atoms with Crippen LogP contribution in [0.1, 0.15) is 49.3 Å². The first-order valence-electron chi connectivity index (χ1n) is 8.43. The molecule has 2 fully saturated rings. The maximum atomic E-state index is 5.99. The summed E-state index contributed by atoms with van der Waals surface area (Å²) >= 11 is 0. The monoisotopic (exact) mass is 287 g/mol. The molecule has 1 N–H and O–H groups in total. The fourth-order valence-electron chi connectivity index (χ4n) is 3.87. The highest BCUT2D eigenvalue weighted by Gasteiger charge is 2.41. The molecule has 3 atom stereocenters. The molecule has 1 aromatic carbocycles. The first-order valence-corrected chi connectivity index (χ1v) is 8.43. The molecule has 0 amide bonds. The zero-order valence-electron chi connectivity index (χ0n) is 12.8. The predicted octanol–water partition coefficient (Wildman–Crippen LogP) is 3.37. The highest BCUT2D eigenvalue weighted by Crippen LogP contribution is 2.40. The van der Waals surface area contributed by atoms with Crippen LogP contribution in [0.15, 0.2) is 18.2 Å². The number of benzene rings is 1. The molecule has 1 aliphatic carbocycles. The fourth-order valence-corrected chi connectivity index (χ4v) is 3.87. The second-order valence-corrected chi connectivity index (χ2v) is 6.77. The van der Waals surface area contributed by atoms with Gasteiger partial charge in [0.15, 0.2) is 0 Å². The Morgan fingerprint density at radius 1 is 1.10 bits per heavy atom. The molecule has 0 aromatic heterocycles. The molecule has 4 rings (SSSR count). The lowest BCUT2D eigenvalue weighted by molar-refractivity contribution is 0.0786. The Hall–Kier alpha value is -1.06. The van der Waals surface area contributed by atoms with Crippen LogP contribution in [-0.4, -0.2) is 25.4 Å². The minimum Gasteiger partial charge on any atom is -0.493 e. The Morgan fingerprint density at radius 2 is 2.00 bits per heavy atom. The van der Waals surface area contributed by atoms with Crippen molar-refractivity contribution in [3.8, 4) is 5.75 Å². The summed E-state index contributed by atoms with van der Waals surface area (Å²) in [6, 6.07) is 7.46. The van der Waals surface area contributed by atoms with Crippen molar-refractivity contribution < 1.29 is 9.47 Å². The first kappa shape index (κ1) is 13.6. The quantitative estimate of drug-likeness (QED) is 0.924. The van der Waals surface area contributed by atoms with Crippen molar-refractivity contribution in [3.63, 3.8) is 0 Å². The number of fused-ring (bicyclic) bond motifs is 1. The Morgan fingerprint density at radius 3 is 2.86 bits per heavy atom. The van der Waals surface area contributed by atoms with Crippen molar-refractivity contribution in [2.45, 2.75) is 57.2 Å². The van der Waals surface area contributed by atoms with E-state index in [0.29, 0.717) is 18.2 Å². The summed E-state index contributed by atoms with van der Waals surface area (Å²) in [5, 5.41) is 3.91. The van der Waals surface area contributed by atoms with E-state index in [0.717, 1.165) is 44.1 Å². The second-order valence-electron chi connectivity index (χ2n) is 6.77. The van der Waals surface area contributed by atoms with Gasteiger partial charge in [-0.15, -0.1) is 0 Å². The van der Waals surface area contributed by atoms with Crippen molar-refractivity contribution in [1.29, 1.82) is 0 Å². The number of aryl methyl sites for hydroxylation is 1. The van der Waals surface area contributed by atoms with E-state index in [2.05, 4.69) is 30.4 Å². The van der Waals surface area contributed by atoms with E-state index in [1.54, 1.807) is 0 Å². The van der Waals surface area contributed by atoms with Gasteiger partial charge < -0.3 is 14.8 Å². The molecule has 0 spiro atoms. The summed E-state index contributed by atoms with van der Waals surface area (Å²) in [6.45, 7) is 3.90. The highest BCUT2D eigenvalue weighted by atomic mass is 16.5. The molecule has 3 unspecified atom stereocenters. The number of rotatable bonds is 3. The van der Waals surface area contributed by atoms with Crippen LogP contribution in [0.4, 0.5) is 0 Å². The van der Waals surface area contributed by atoms with E-state index < -0.39 is 0 Å². The van der Waals surface area contributed by atoms with Crippen molar-refractivity contribution in [1.82, 2.24) is 5.32 Å². The number of para-hydroxylation sites is 1. The van der Waals surface area contributed by atoms with Gasteiger partial charge >= 0.3 is 0 Å². The number of hydrogen-bond donors (Lipinski definition) is 1. The van der Waals surface area contributed by atoms with Crippen LogP contribution < -0.4 is 10.1 Å². The van der Waals surface area contributed by atoms with E-state index in [-0.39, 0.29) is 0 Å². The second kappa shape index (κ2) is 5.62. The van der Waals surface area contributed by atoms with Crippen molar-refractivity contribution in [2.75, 3.05) is 13.2 Å². The summed E-state index contributed by atoms with van der Waals surface area (Å²) in [4.78, 5) is 0. The minimum atomic E-state index is 0.412. The Balaban J connectivity index is 1.56. The van der Waals surface area contributed by atoms with Crippen molar-refractivity contribution in [3.05, 3.63) is 29.3 Å². The molecule has 21 heavy (non-hydrogen) atoms. The zero-order valence-corrected chi connectivity index (χ0v) is 12.8. The SMILES string of the molecule is Cc1cccc2c1OCCCC2NC1CCOC1C1CC1. The average molecular weight is 287 g/mol. The normalized spacial score (nSPS) is 32.3. The van der Waals surface area contributed by atoms with Gasteiger partial charge in [0.2, 0.25) is 0 Å². The standard InChI is InChI=1S/C18H25NO2/c1-12-4-2-5-14-15(6-3-10-20-17(12)14)19-16-9-11-21-18(16)13-7-8-13/h2,4-5,13,15-16,18-19H,3,6-11H2,1H3. The minimum absolute atomic E-state index is 0.412. The average Bonchev–Trinajstić information content (AvgIpc) is 3.26. The molecule has 1 saturated heterocycles. The van der Waals surface area contributed by atoms with E-state index in [9.17, 15) is 0 Å². The maximum absolute atomic E-state index is 5.99. The predicted molar refractivity (Wildman–Crippen MR) is 82.7 cm³/mol. The lowest BCUT2D eigenvalue weighted by atomic mass is 9.97. The summed E-state index contributed by atoms with van der Waals surface area (Å²) in [7, 11) is 0. The largest absolute Gasteiger partial charge is 0.493 e. The van der Waals surface area contributed by atoms with E-state index >= 15 is 0 Å². The zero-order chi connectivity index (χ0) is 14.2. The van der Waals surface area contributed by atoms with Crippen LogP contribution in [0.5, 0.6) is 5.75 Å². The fraction of sp³-hybridized carbons (Fsp3) is 0.667. The first-order chi connectivity index (χ1) is 10.3. The molecular formula is C18H25NO2. The van der Waals surface area contributed by atoms with E-state index in [4.69, 9.17) is 9.47 Å². The molecule has 3 heteroatoms. The van der Waals surface area contributed by atoms with Gasteiger partial charge in [-0.1, -0.05) is 18.2 Å². The van der Waals surface area contributed by atoms with Gasteiger partial charge in [-0.2, -0.15) is 0 Å². The van der Waals surface area contributed by atoms with Gasteiger partial charge in [-0.25, -0.2) is 0 Å². The number of hydrogen-bond acceptors (Lipinski definition) is 3. The molecule has 114 valence electrons. The van der Waals surface area contributed by atoms with Gasteiger partial charge in [0.25, 0.3) is 0 Å². The van der Waals surface area contributed by atoms with Crippen molar-refractivity contribution >= 4 is 0 Å². The van der Waals surface area contributed by atoms with Crippen LogP contribution in [-0.2, 0) is 4.74 Å². The van der Waals surface area contributed by atoms with Crippen LogP contribution in [0.2, 0.25) is 0 Å². The highest BCUT2D eigenvalue weighted by molar-refractivity contribution is 5.43. The molecule has 3 aliphatic rings. The number of nitrogens with one attached hydrogen (secondary N) is 1. The summed E-state index contributed by atoms with van der Waals surface area (Å²) < 4.78 is 12.0. The van der Waals surface area contributed by atoms with E-state index in [1.165, 1.54) is 24.0 Å². The van der Waals surface area contributed by atoms with Gasteiger partial charge in [0.1, 0.15) is 5.75 Å². The third-order valence-corrected chi connectivity index (χ3v) is 5.14. The van der Waals surface area contributed by atoms with Crippen LogP contribution in [0, 0.1) is 12.8 Å². The smallest absolute Gasteiger partial charge is 0.126 e. The summed E-state index contributed by atoms with van der Waals surface area (Å²) in [5.41, 5.74) is 2.59. The third kappa shape index (κ3) is 2.69. The molecule has 1 aromatic rings. The Labute approximate surface area is 127 Å². The Kier molecular flexibility index (Phi) is 3.64. The summed E-state index contributed by atoms with van der Waals surface area (Å²) in [5.74, 6) is 1.92. The van der Waals surface area contributed by atoms with Gasteiger partial charge in [-0.05, 0) is 50.5 Å². The van der Waals surface area contributed by atoms with Crippen LogP contribution in [0.25, 0.3) is 0 Å². The van der Waals surface area contributed by atoms with Gasteiger partial charge in [0, 0.05) is 24.3 Å². The Bertz CT molecular complexity index is 512. The maximum Gasteiger partial charge on any atom is 0.126 e. The van der Waals surface area contributed by atoms with Crippen LogP contribution >= 0.6 is 0 Å². The number of ether oxygens (including phenoxy) is 2. The lowest BCUT2D eigenvalue weighted by Gasteiger charge is -2.26. The van der Waals surface area contributed by atoms with Crippen molar-refractivity contribution in [2.24, 2.45) is 5.92 Å².